The summed E-state index contributed by atoms with van der Waals surface area (Å²) < 4.78 is 40.7. The highest BCUT2D eigenvalue weighted by molar-refractivity contribution is 7.89. The smallest absolute Gasteiger partial charge is 0.330 e. The molecule has 0 aliphatic carbocycles. The van der Waals surface area contributed by atoms with E-state index in [1.54, 1.807) is 6.07 Å². The minimum absolute atomic E-state index is 0.0520. The third kappa shape index (κ3) is 3.77. The van der Waals surface area contributed by atoms with Crippen LogP contribution in [0.1, 0.15) is 5.56 Å². The largest absolute Gasteiger partial charge is 0.493 e. The number of ether oxygens (including phenoxy) is 3. The lowest BCUT2D eigenvalue weighted by atomic mass is 10.2. The second-order valence-electron chi connectivity index (χ2n) is 4.40. The third-order valence-electron chi connectivity index (χ3n) is 2.84. The van der Waals surface area contributed by atoms with Crippen LogP contribution in [0.4, 0.5) is 0 Å². The van der Waals surface area contributed by atoms with Gasteiger partial charge in [0.1, 0.15) is 4.90 Å². The van der Waals surface area contributed by atoms with Gasteiger partial charge in [-0.1, -0.05) is 0 Å². The van der Waals surface area contributed by atoms with E-state index in [1.807, 2.05) is 0 Å². The SMILES string of the molecule is COC(=O)/C=C\c1cc(OC)c(OC)c(S(=O)(=O)N(C)C)c1. The number of benzene rings is 1. The number of sulfonamides is 1. The van der Waals surface area contributed by atoms with Crippen LogP contribution in [0.5, 0.6) is 11.5 Å². The molecule has 8 heteroatoms. The van der Waals surface area contributed by atoms with Crippen LogP contribution >= 0.6 is 0 Å². The third-order valence-corrected chi connectivity index (χ3v) is 4.66. The maximum absolute atomic E-state index is 12.4. The van der Waals surface area contributed by atoms with Crippen LogP contribution in [0.2, 0.25) is 0 Å². The Hall–Kier alpha value is -2.06. The molecule has 0 N–H and O–H groups in total. The first-order valence-electron chi connectivity index (χ1n) is 6.22. The number of hydrogen-bond donors (Lipinski definition) is 0. The Morgan fingerprint density at radius 1 is 1.14 bits per heavy atom. The first-order chi connectivity index (χ1) is 10.3. The van der Waals surface area contributed by atoms with Gasteiger partial charge in [0.15, 0.2) is 11.5 Å². The first kappa shape index (κ1) is 18.0. The van der Waals surface area contributed by atoms with Gasteiger partial charge in [-0.05, 0) is 23.8 Å². The van der Waals surface area contributed by atoms with Crippen LogP contribution in [0, 0.1) is 0 Å². The summed E-state index contributed by atoms with van der Waals surface area (Å²) in [5, 5.41) is 0. The lowest BCUT2D eigenvalue weighted by Gasteiger charge is -2.17. The second kappa shape index (κ2) is 7.28. The van der Waals surface area contributed by atoms with E-state index in [2.05, 4.69) is 4.74 Å². The quantitative estimate of drug-likeness (QED) is 0.575. The molecule has 1 aromatic carbocycles. The molecule has 0 spiro atoms. The Balaban J connectivity index is 3.54. The molecule has 1 aromatic rings. The Bertz CT molecular complexity index is 679. The van der Waals surface area contributed by atoms with Crippen molar-refractivity contribution in [3.05, 3.63) is 23.8 Å². The number of hydrogen-bond acceptors (Lipinski definition) is 6. The minimum atomic E-state index is -3.74. The summed E-state index contributed by atoms with van der Waals surface area (Å²) in [6.07, 6.45) is 2.62. The van der Waals surface area contributed by atoms with Crippen molar-refractivity contribution in [1.29, 1.82) is 0 Å². The van der Waals surface area contributed by atoms with Crippen LogP contribution < -0.4 is 9.47 Å². The average molecular weight is 329 g/mol. The normalized spacial score (nSPS) is 11.7. The Morgan fingerprint density at radius 2 is 1.77 bits per heavy atom. The number of esters is 1. The lowest BCUT2D eigenvalue weighted by Crippen LogP contribution is -2.23. The first-order valence-corrected chi connectivity index (χ1v) is 7.66. The van der Waals surface area contributed by atoms with E-state index in [0.29, 0.717) is 5.56 Å². The Kier molecular flexibility index (Phi) is 5.95. The van der Waals surface area contributed by atoms with Gasteiger partial charge in [-0.15, -0.1) is 0 Å². The van der Waals surface area contributed by atoms with E-state index >= 15 is 0 Å². The van der Waals surface area contributed by atoms with Crippen molar-refractivity contribution in [2.75, 3.05) is 35.4 Å². The monoisotopic (exact) mass is 329 g/mol. The standard InChI is InChI=1S/C14H19NO6S/c1-15(2)22(17,18)12-9-10(6-7-13(16)20-4)8-11(19-3)14(12)21-5/h6-9H,1-5H3/b7-6-. The summed E-state index contributed by atoms with van der Waals surface area (Å²) in [7, 11) is 3.10. The zero-order valence-electron chi connectivity index (χ0n) is 13.1. The van der Waals surface area contributed by atoms with E-state index in [1.165, 1.54) is 53.6 Å². The summed E-state index contributed by atoms with van der Waals surface area (Å²) >= 11 is 0. The van der Waals surface area contributed by atoms with E-state index in [0.717, 1.165) is 4.31 Å². The molecule has 0 aliphatic rings. The van der Waals surface area contributed by atoms with Crippen LogP contribution in [-0.2, 0) is 19.6 Å². The molecule has 0 bridgehead atoms. The van der Waals surface area contributed by atoms with Crippen molar-refractivity contribution in [2.24, 2.45) is 0 Å². The predicted octanol–water partition coefficient (Wildman–Crippen LogP) is 1.14. The summed E-state index contributed by atoms with van der Waals surface area (Å²) in [5.74, 6) is -0.201. The molecule has 0 amide bonds. The molecular weight excluding hydrogens is 310 g/mol. The molecule has 0 aliphatic heterocycles. The molecule has 7 nitrogen and oxygen atoms in total. The van der Waals surface area contributed by atoms with E-state index in [4.69, 9.17) is 9.47 Å². The van der Waals surface area contributed by atoms with Crippen molar-refractivity contribution in [1.82, 2.24) is 4.31 Å². The maximum Gasteiger partial charge on any atom is 0.330 e. The van der Waals surface area contributed by atoms with Crippen molar-refractivity contribution in [3.63, 3.8) is 0 Å². The molecule has 0 aromatic heterocycles. The van der Waals surface area contributed by atoms with Gasteiger partial charge in [0, 0.05) is 20.2 Å². The molecule has 0 unspecified atom stereocenters. The summed E-state index contributed by atoms with van der Waals surface area (Å²) in [6, 6.07) is 2.96. The molecule has 0 saturated carbocycles. The van der Waals surface area contributed by atoms with Gasteiger partial charge in [0.2, 0.25) is 10.0 Å². The predicted molar refractivity (Wildman–Crippen MR) is 81.5 cm³/mol. The molecular formula is C14H19NO6S. The average Bonchev–Trinajstić information content (AvgIpc) is 2.50. The summed E-state index contributed by atoms with van der Waals surface area (Å²) in [5.41, 5.74) is 0.462. The Morgan fingerprint density at radius 3 is 2.23 bits per heavy atom. The van der Waals surface area contributed by atoms with Crippen LogP contribution in [-0.4, -0.2) is 54.1 Å². The number of carbonyl (C=O) groups excluding carboxylic acids is 1. The van der Waals surface area contributed by atoms with Gasteiger partial charge >= 0.3 is 5.97 Å². The van der Waals surface area contributed by atoms with Crippen molar-refractivity contribution in [3.8, 4) is 11.5 Å². The van der Waals surface area contributed by atoms with Gasteiger partial charge < -0.3 is 14.2 Å². The van der Waals surface area contributed by atoms with Crippen molar-refractivity contribution >= 4 is 22.1 Å². The van der Waals surface area contributed by atoms with E-state index in [9.17, 15) is 13.2 Å². The zero-order chi connectivity index (χ0) is 16.9. The fourth-order valence-electron chi connectivity index (χ4n) is 1.67. The fourth-order valence-corrected chi connectivity index (χ4v) is 2.76. The van der Waals surface area contributed by atoms with Gasteiger partial charge in [0.25, 0.3) is 0 Å². The molecule has 22 heavy (non-hydrogen) atoms. The molecule has 0 atom stereocenters. The van der Waals surface area contributed by atoms with Gasteiger partial charge in [-0.2, -0.15) is 0 Å². The number of carbonyl (C=O) groups is 1. The second-order valence-corrected chi connectivity index (χ2v) is 6.52. The highest BCUT2D eigenvalue weighted by atomic mass is 32.2. The molecule has 1 rings (SSSR count). The van der Waals surface area contributed by atoms with Gasteiger partial charge in [-0.25, -0.2) is 17.5 Å². The van der Waals surface area contributed by atoms with Crippen LogP contribution in [0.3, 0.4) is 0 Å². The number of methoxy groups -OCH3 is 3. The molecule has 0 radical (unpaired) electrons. The highest BCUT2D eigenvalue weighted by Crippen LogP contribution is 2.37. The van der Waals surface area contributed by atoms with Crippen LogP contribution in [0.15, 0.2) is 23.1 Å². The van der Waals surface area contributed by atoms with Gasteiger partial charge in [0.05, 0.1) is 21.3 Å². The zero-order valence-corrected chi connectivity index (χ0v) is 13.9. The number of nitrogens with zero attached hydrogens (tertiary/aromatic N) is 1. The van der Waals surface area contributed by atoms with Crippen molar-refractivity contribution < 1.29 is 27.4 Å². The summed E-state index contributed by atoms with van der Waals surface area (Å²) in [4.78, 5) is 11.1. The highest BCUT2D eigenvalue weighted by Gasteiger charge is 2.25. The number of rotatable bonds is 6. The lowest BCUT2D eigenvalue weighted by molar-refractivity contribution is -0.134. The van der Waals surface area contributed by atoms with Gasteiger partial charge in [-0.3, -0.25) is 0 Å². The molecule has 0 fully saturated rings. The fraction of sp³-hybridized carbons (Fsp3) is 0.357. The molecule has 0 saturated heterocycles. The molecule has 0 heterocycles. The topological polar surface area (TPSA) is 82.1 Å². The van der Waals surface area contributed by atoms with E-state index in [-0.39, 0.29) is 16.4 Å². The van der Waals surface area contributed by atoms with E-state index < -0.39 is 16.0 Å². The maximum atomic E-state index is 12.4. The van der Waals surface area contributed by atoms with Crippen LogP contribution in [0.25, 0.3) is 6.08 Å². The Labute approximate surface area is 130 Å². The molecule has 122 valence electrons. The summed E-state index contributed by atoms with van der Waals surface area (Å²) in [6.45, 7) is 0. The van der Waals surface area contributed by atoms with Crippen molar-refractivity contribution in [2.45, 2.75) is 4.90 Å². The minimum Gasteiger partial charge on any atom is -0.493 e.